The molecule has 3 aromatic carbocycles. The highest BCUT2D eigenvalue weighted by molar-refractivity contribution is 5.87. The van der Waals surface area contributed by atoms with E-state index in [-0.39, 0.29) is 36.3 Å². The number of hydrogen-bond acceptors (Lipinski definition) is 15. The van der Waals surface area contributed by atoms with E-state index in [1.807, 2.05) is 9.80 Å². The molecule has 3 unspecified atom stereocenters. The SMILES string of the molecule is Cc1cc(CN2CCCN(Cc3cc(C)cc(C(O)(CO)C(N)=O)c3O)CCN(Cc3cc(C)cc(C(O)(CO)C(N)=O)c3O)CCC2)c(O)c(C(O)(CO)C(N)=O)c1. The quantitative estimate of drug-likeness (QED) is 0.0815. The van der Waals surface area contributed by atoms with Crippen molar-refractivity contribution in [3.8, 4) is 17.2 Å². The highest BCUT2D eigenvalue weighted by Crippen LogP contribution is 2.37. The summed E-state index contributed by atoms with van der Waals surface area (Å²) in [6.07, 6.45) is 1.13. The third kappa shape index (κ3) is 10.1. The summed E-state index contributed by atoms with van der Waals surface area (Å²) in [5, 5.41) is 96.6. The largest absolute Gasteiger partial charge is 0.507 e. The molecule has 18 nitrogen and oxygen atoms in total. The van der Waals surface area contributed by atoms with Gasteiger partial charge >= 0.3 is 0 Å². The lowest BCUT2D eigenvalue weighted by Crippen LogP contribution is -2.44. The molecule has 1 aliphatic heterocycles. The average Bonchev–Trinajstić information content (AvgIpc) is 3.22. The van der Waals surface area contributed by atoms with E-state index in [0.717, 1.165) is 0 Å². The number of rotatable bonds is 15. The zero-order valence-electron chi connectivity index (χ0n) is 33.7. The van der Waals surface area contributed by atoms with Gasteiger partial charge in [-0.1, -0.05) is 34.9 Å². The summed E-state index contributed by atoms with van der Waals surface area (Å²) in [4.78, 5) is 42.8. The van der Waals surface area contributed by atoms with Gasteiger partial charge in [0.15, 0.2) is 16.8 Å². The maximum atomic E-state index is 12.2. The number of phenolic OH excluding ortho intramolecular Hbond substituents is 3. The molecular weight excluding hydrogens is 768 g/mol. The summed E-state index contributed by atoms with van der Waals surface area (Å²) < 4.78 is 0. The number of nitrogens with zero attached hydrogens (tertiary/aromatic N) is 3. The second-order valence-electron chi connectivity index (χ2n) is 15.6. The number of phenols is 3. The second-order valence-corrected chi connectivity index (χ2v) is 15.6. The van der Waals surface area contributed by atoms with E-state index in [1.54, 1.807) is 39.0 Å². The van der Waals surface area contributed by atoms with Gasteiger partial charge in [-0.2, -0.15) is 0 Å². The monoisotopic (exact) mass is 826 g/mol. The zero-order chi connectivity index (χ0) is 44.0. The highest BCUT2D eigenvalue weighted by atomic mass is 16.4. The standard InChI is InChI=1S/C41H58N6O12/c1-24-12-27(33(51)30(15-24)39(57,21-48)36(42)54)18-45-6-4-8-46(19-28-13-25(2)16-31(34(28)52)40(58,22-49)37(43)55)10-11-47(9-5-7-45)20-29-14-26(3)17-32(35(29)53)41(59,23-50)38(44)56/h12-17,48-53,57-59H,4-11,18-23H2,1-3H3,(H2,42,54)(H2,43,55)(H2,44,56). The first-order valence-electron chi connectivity index (χ1n) is 19.2. The highest BCUT2D eigenvalue weighted by Gasteiger charge is 2.41. The molecule has 3 amide bonds. The maximum absolute atomic E-state index is 12.2. The van der Waals surface area contributed by atoms with Crippen molar-refractivity contribution in [3.05, 3.63) is 86.5 Å². The molecule has 1 fully saturated rings. The predicted octanol–water partition coefficient (Wildman–Crippen LogP) is -1.68. The summed E-state index contributed by atoms with van der Waals surface area (Å²) in [6, 6.07) is 9.23. The van der Waals surface area contributed by atoms with Crippen LogP contribution in [0.25, 0.3) is 0 Å². The van der Waals surface area contributed by atoms with Gasteiger partial charge in [0, 0.05) is 66.1 Å². The smallest absolute Gasteiger partial charge is 0.256 e. The van der Waals surface area contributed by atoms with Crippen LogP contribution in [0, 0.1) is 20.8 Å². The Hall–Kier alpha value is -4.89. The topological polar surface area (TPSA) is 321 Å². The average molecular weight is 827 g/mol. The Labute approximate surface area is 342 Å². The molecule has 1 aliphatic rings. The minimum absolute atomic E-state index is 0.130. The van der Waals surface area contributed by atoms with Gasteiger partial charge in [0.2, 0.25) is 0 Å². The Morgan fingerprint density at radius 2 is 0.729 bits per heavy atom. The summed E-state index contributed by atoms with van der Waals surface area (Å²) in [5.41, 5.74) is 10.8. The zero-order valence-corrected chi connectivity index (χ0v) is 33.7. The molecule has 4 rings (SSSR count). The van der Waals surface area contributed by atoms with Crippen LogP contribution in [0.5, 0.6) is 17.2 Å². The molecule has 0 saturated carbocycles. The van der Waals surface area contributed by atoms with Crippen LogP contribution in [0.3, 0.4) is 0 Å². The van der Waals surface area contributed by atoms with Crippen molar-refractivity contribution in [3.63, 3.8) is 0 Å². The van der Waals surface area contributed by atoms with Crippen LogP contribution < -0.4 is 17.2 Å². The van der Waals surface area contributed by atoms with Gasteiger partial charge in [0.05, 0.1) is 19.8 Å². The van der Waals surface area contributed by atoms with E-state index in [0.29, 0.717) is 85.5 Å². The molecule has 0 radical (unpaired) electrons. The molecule has 0 spiro atoms. The fraction of sp³-hybridized carbons (Fsp3) is 0.488. The second kappa shape index (κ2) is 19.0. The van der Waals surface area contributed by atoms with Crippen molar-refractivity contribution < 1.29 is 60.3 Å². The van der Waals surface area contributed by atoms with Crippen molar-refractivity contribution >= 4 is 17.7 Å². The molecule has 1 saturated heterocycles. The number of benzene rings is 3. The third-order valence-corrected chi connectivity index (χ3v) is 11.1. The number of aliphatic hydroxyl groups excluding tert-OH is 3. The van der Waals surface area contributed by atoms with Crippen molar-refractivity contribution in [1.29, 1.82) is 0 Å². The summed E-state index contributed by atoms with van der Waals surface area (Å²) >= 11 is 0. The molecule has 3 aromatic rings. The normalized spacial score (nSPS) is 18.3. The molecule has 18 heteroatoms. The fourth-order valence-electron chi connectivity index (χ4n) is 7.61. The molecule has 15 N–H and O–H groups in total. The van der Waals surface area contributed by atoms with Crippen LogP contribution in [-0.4, -0.2) is 137 Å². The number of primary amides is 3. The van der Waals surface area contributed by atoms with E-state index < -0.39 is 71.6 Å². The number of aromatic hydroxyl groups is 3. The lowest BCUT2D eigenvalue weighted by atomic mass is 9.89. The molecule has 3 atom stereocenters. The Morgan fingerprint density at radius 1 is 0.492 bits per heavy atom. The van der Waals surface area contributed by atoms with Gasteiger partial charge in [-0.05, 0) is 78.0 Å². The summed E-state index contributed by atoms with van der Waals surface area (Å²) in [5.74, 6) is -4.92. The van der Waals surface area contributed by atoms with Crippen molar-refractivity contribution in [2.24, 2.45) is 17.2 Å². The van der Waals surface area contributed by atoms with Crippen LogP contribution in [0.15, 0.2) is 36.4 Å². The number of aliphatic hydroxyl groups is 6. The van der Waals surface area contributed by atoms with Crippen LogP contribution >= 0.6 is 0 Å². The lowest BCUT2D eigenvalue weighted by Gasteiger charge is -2.30. The minimum atomic E-state index is -2.54. The summed E-state index contributed by atoms with van der Waals surface area (Å²) in [6.45, 7) is 5.07. The van der Waals surface area contributed by atoms with E-state index in [9.17, 15) is 60.3 Å². The van der Waals surface area contributed by atoms with Crippen molar-refractivity contribution in [2.75, 3.05) is 59.1 Å². The van der Waals surface area contributed by atoms with Crippen LogP contribution in [0.2, 0.25) is 0 Å². The van der Waals surface area contributed by atoms with Gasteiger partial charge in [-0.15, -0.1) is 0 Å². The van der Waals surface area contributed by atoms with Gasteiger partial charge in [-0.25, -0.2) is 0 Å². The first-order valence-corrected chi connectivity index (χ1v) is 19.2. The summed E-state index contributed by atoms with van der Waals surface area (Å²) in [7, 11) is 0. The number of nitrogens with two attached hydrogens (primary N) is 3. The van der Waals surface area contributed by atoms with Gasteiger partial charge in [-0.3, -0.25) is 29.1 Å². The molecule has 0 aliphatic carbocycles. The maximum Gasteiger partial charge on any atom is 0.256 e. The molecular formula is C41H58N6O12. The number of carbonyl (C=O) groups excluding carboxylic acids is 3. The van der Waals surface area contributed by atoms with E-state index in [2.05, 4.69) is 4.90 Å². The van der Waals surface area contributed by atoms with Crippen molar-refractivity contribution in [2.45, 2.75) is 70.1 Å². The van der Waals surface area contributed by atoms with Crippen LogP contribution in [-0.2, 0) is 50.8 Å². The Bertz CT molecular complexity index is 1930. The first kappa shape index (κ1) is 46.8. The number of hydrogen-bond donors (Lipinski definition) is 12. The first-order chi connectivity index (χ1) is 27.6. The Balaban J connectivity index is 1.73. The molecule has 1 heterocycles. The predicted molar refractivity (Wildman–Crippen MR) is 214 cm³/mol. The molecule has 0 bridgehead atoms. The van der Waals surface area contributed by atoms with Crippen LogP contribution in [0.4, 0.5) is 0 Å². The molecule has 59 heavy (non-hydrogen) atoms. The molecule has 324 valence electrons. The number of aryl methyl sites for hydroxylation is 3. The Morgan fingerprint density at radius 3 is 0.949 bits per heavy atom. The third-order valence-electron chi connectivity index (χ3n) is 11.1. The number of amides is 3. The Kier molecular flexibility index (Phi) is 15.1. The fourth-order valence-corrected chi connectivity index (χ4v) is 7.61. The number of carbonyl (C=O) groups is 3. The lowest BCUT2D eigenvalue weighted by molar-refractivity contribution is -0.142. The van der Waals surface area contributed by atoms with E-state index in [1.165, 1.54) is 18.2 Å². The van der Waals surface area contributed by atoms with Crippen LogP contribution in [0.1, 0.15) is 62.9 Å². The van der Waals surface area contributed by atoms with Gasteiger partial charge in [0.25, 0.3) is 17.7 Å². The van der Waals surface area contributed by atoms with E-state index >= 15 is 0 Å². The van der Waals surface area contributed by atoms with Gasteiger partial charge in [0.1, 0.15) is 17.2 Å². The van der Waals surface area contributed by atoms with Crippen molar-refractivity contribution in [1.82, 2.24) is 14.7 Å². The van der Waals surface area contributed by atoms with Gasteiger partial charge < -0.3 is 63.2 Å². The minimum Gasteiger partial charge on any atom is -0.507 e. The van der Waals surface area contributed by atoms with E-state index in [4.69, 9.17) is 17.2 Å². The molecule has 0 aromatic heterocycles.